The van der Waals surface area contributed by atoms with Crippen LogP contribution in [0.1, 0.15) is 16.8 Å². The fourth-order valence-corrected chi connectivity index (χ4v) is 1.53. The summed E-state index contributed by atoms with van der Waals surface area (Å²) >= 11 is 0. The fourth-order valence-electron chi connectivity index (χ4n) is 1.53. The van der Waals surface area contributed by atoms with Crippen molar-refractivity contribution in [2.75, 3.05) is 0 Å². The number of allylic oxidation sites excluding steroid dienone is 2. The van der Waals surface area contributed by atoms with Crippen LogP contribution in [0.25, 0.3) is 0 Å². The lowest BCUT2D eigenvalue weighted by molar-refractivity contribution is -0.0388. The van der Waals surface area contributed by atoms with Crippen LogP contribution in [0.2, 0.25) is 0 Å². The van der Waals surface area contributed by atoms with E-state index in [1.165, 1.54) is 12.2 Å². The minimum absolute atomic E-state index is 0.160. The summed E-state index contributed by atoms with van der Waals surface area (Å²) in [6.45, 7) is 0. The van der Waals surface area contributed by atoms with Gasteiger partial charge in [0.1, 0.15) is 0 Å². The first-order chi connectivity index (χ1) is 7.58. The average molecular weight is 218 g/mol. The molecule has 16 heavy (non-hydrogen) atoms. The summed E-state index contributed by atoms with van der Waals surface area (Å²) in [5.74, 6) is -2.48. The van der Waals surface area contributed by atoms with Crippen molar-refractivity contribution in [2.45, 2.75) is 12.3 Å². The number of ketones is 1. The second-order valence-corrected chi connectivity index (χ2v) is 3.71. The number of carbonyl (C=O) groups is 1. The van der Waals surface area contributed by atoms with Gasteiger partial charge in [-0.15, -0.1) is 0 Å². The quantitative estimate of drug-likeness (QED) is 0.774. The molecule has 1 N–H and O–H groups in total. The zero-order chi connectivity index (χ0) is 11.6. The van der Waals surface area contributed by atoms with E-state index in [4.69, 9.17) is 5.11 Å². The van der Waals surface area contributed by atoms with Gasteiger partial charge in [0.25, 0.3) is 0 Å². The second-order valence-electron chi connectivity index (χ2n) is 3.71. The predicted molar refractivity (Wildman–Crippen MR) is 58.7 cm³/mol. The molecule has 0 aromatic heterocycles. The minimum atomic E-state index is -2.32. The first kappa shape index (κ1) is 10.8. The molecule has 2 rings (SSSR count). The smallest absolute Gasteiger partial charge is 0.229 e. The Hall–Kier alpha value is -1.74. The molecule has 2 nitrogen and oxygen atoms in total. The number of benzene rings is 1. The largest absolute Gasteiger partial charge is 0.358 e. The maximum atomic E-state index is 13.0. The van der Waals surface area contributed by atoms with Gasteiger partial charge in [-0.1, -0.05) is 36.4 Å². The number of aliphatic hydroxyl groups is 1. The van der Waals surface area contributed by atoms with E-state index in [9.17, 15) is 9.18 Å². The number of halogens is 1. The molecule has 0 fully saturated rings. The lowest BCUT2D eigenvalue weighted by Gasteiger charge is -2.16. The summed E-state index contributed by atoms with van der Waals surface area (Å²) in [5.41, 5.74) is 0.969. The molecular formula is C13H11FO2. The number of rotatable bonds is 2. The van der Waals surface area contributed by atoms with Crippen molar-refractivity contribution in [3.05, 3.63) is 59.7 Å². The summed E-state index contributed by atoms with van der Waals surface area (Å²) in [7, 11) is 0. The van der Waals surface area contributed by atoms with Crippen LogP contribution in [0.5, 0.6) is 0 Å². The summed E-state index contributed by atoms with van der Waals surface area (Å²) in [5, 5.41) is 9.04. The highest BCUT2D eigenvalue weighted by Gasteiger charge is 2.25. The molecule has 0 spiro atoms. The average Bonchev–Trinajstić information content (AvgIpc) is 2.29. The summed E-state index contributed by atoms with van der Waals surface area (Å²) in [4.78, 5) is 11.9. The monoisotopic (exact) mass is 218 g/mol. The lowest BCUT2D eigenvalue weighted by atomic mass is 9.96. The molecule has 0 bridgehead atoms. The number of alkyl halides is 1. The highest BCUT2D eigenvalue weighted by molar-refractivity contribution is 6.10. The van der Waals surface area contributed by atoms with Gasteiger partial charge in [0.15, 0.2) is 5.78 Å². The zero-order valence-electron chi connectivity index (χ0n) is 8.56. The Morgan fingerprint density at radius 2 is 2.00 bits per heavy atom. The van der Waals surface area contributed by atoms with Crippen molar-refractivity contribution in [1.29, 1.82) is 0 Å². The van der Waals surface area contributed by atoms with E-state index in [2.05, 4.69) is 0 Å². The number of hydrogen-bond acceptors (Lipinski definition) is 2. The number of carbonyl (C=O) groups excluding carboxylic acids is 1. The zero-order valence-corrected chi connectivity index (χ0v) is 8.56. The summed E-state index contributed by atoms with van der Waals surface area (Å²) < 4.78 is 13.0. The third kappa shape index (κ3) is 2.25. The molecule has 0 radical (unpaired) electrons. The van der Waals surface area contributed by atoms with E-state index >= 15 is 0 Å². The molecule has 3 heteroatoms. The van der Waals surface area contributed by atoms with Crippen molar-refractivity contribution in [1.82, 2.24) is 0 Å². The highest BCUT2D eigenvalue weighted by Crippen LogP contribution is 2.23. The van der Waals surface area contributed by atoms with Gasteiger partial charge in [-0.05, 0) is 12.2 Å². The van der Waals surface area contributed by atoms with Crippen LogP contribution in [-0.2, 0) is 0 Å². The molecule has 1 aromatic rings. The van der Waals surface area contributed by atoms with Crippen molar-refractivity contribution in [2.24, 2.45) is 0 Å². The van der Waals surface area contributed by atoms with Gasteiger partial charge in [0, 0.05) is 17.6 Å². The number of hydrogen-bond donors (Lipinski definition) is 1. The maximum absolute atomic E-state index is 13.0. The molecule has 0 saturated carbocycles. The summed E-state index contributed by atoms with van der Waals surface area (Å²) in [6.07, 6.45) is 3.55. The van der Waals surface area contributed by atoms with Crippen LogP contribution in [0, 0.1) is 0 Å². The molecule has 82 valence electrons. The number of Topliss-reactive ketones (excluding diaryl/α,β-unsaturated/α-hetero) is 1. The Morgan fingerprint density at radius 1 is 1.31 bits per heavy atom. The van der Waals surface area contributed by atoms with Gasteiger partial charge in [-0.25, -0.2) is 4.39 Å². The SMILES string of the molecule is O=C(C1=CCC(O)(F)C=C1)c1ccccc1. The van der Waals surface area contributed by atoms with Crippen molar-refractivity contribution in [3.63, 3.8) is 0 Å². The van der Waals surface area contributed by atoms with Gasteiger partial charge in [-0.2, -0.15) is 0 Å². The van der Waals surface area contributed by atoms with Crippen LogP contribution in [-0.4, -0.2) is 16.7 Å². The topological polar surface area (TPSA) is 37.3 Å². The van der Waals surface area contributed by atoms with Gasteiger partial charge in [0.2, 0.25) is 5.85 Å². The van der Waals surface area contributed by atoms with Gasteiger partial charge in [0.05, 0.1) is 0 Å². The van der Waals surface area contributed by atoms with Crippen molar-refractivity contribution < 1.29 is 14.3 Å². The van der Waals surface area contributed by atoms with Crippen molar-refractivity contribution >= 4 is 5.78 Å². The van der Waals surface area contributed by atoms with Gasteiger partial charge >= 0.3 is 0 Å². The molecule has 1 aromatic carbocycles. The standard InChI is InChI=1S/C13H11FO2/c14-13(16)8-6-11(7-9-13)12(15)10-4-2-1-3-5-10/h1-8,16H,9H2. The predicted octanol–water partition coefficient (Wildman–Crippen LogP) is 2.41. The van der Waals surface area contributed by atoms with E-state index < -0.39 is 5.85 Å². The maximum Gasteiger partial charge on any atom is 0.229 e. The third-order valence-electron chi connectivity index (χ3n) is 2.42. The Labute approximate surface area is 92.7 Å². The Morgan fingerprint density at radius 3 is 2.56 bits per heavy atom. The molecule has 0 aliphatic heterocycles. The normalized spacial score (nSPS) is 24.0. The molecule has 1 aliphatic rings. The van der Waals surface area contributed by atoms with E-state index in [1.54, 1.807) is 24.3 Å². The highest BCUT2D eigenvalue weighted by atomic mass is 19.2. The van der Waals surface area contributed by atoms with Gasteiger partial charge in [-0.3, -0.25) is 4.79 Å². The Balaban J connectivity index is 2.20. The molecule has 1 aliphatic carbocycles. The first-order valence-corrected chi connectivity index (χ1v) is 4.99. The fraction of sp³-hybridized carbons (Fsp3) is 0.154. The molecule has 0 heterocycles. The molecule has 0 saturated heterocycles. The van der Waals surface area contributed by atoms with E-state index in [0.29, 0.717) is 11.1 Å². The summed E-state index contributed by atoms with van der Waals surface area (Å²) in [6, 6.07) is 8.76. The van der Waals surface area contributed by atoms with E-state index in [-0.39, 0.29) is 12.2 Å². The van der Waals surface area contributed by atoms with E-state index in [0.717, 1.165) is 6.08 Å². The Kier molecular flexibility index (Phi) is 2.71. The lowest BCUT2D eigenvalue weighted by Crippen LogP contribution is -2.21. The van der Waals surface area contributed by atoms with Crippen LogP contribution >= 0.6 is 0 Å². The van der Waals surface area contributed by atoms with E-state index in [1.807, 2.05) is 6.07 Å². The van der Waals surface area contributed by atoms with Crippen LogP contribution in [0.3, 0.4) is 0 Å². The Bertz CT molecular complexity index is 458. The molecular weight excluding hydrogens is 207 g/mol. The molecule has 1 unspecified atom stereocenters. The van der Waals surface area contributed by atoms with Gasteiger partial charge < -0.3 is 5.11 Å². The minimum Gasteiger partial charge on any atom is -0.358 e. The van der Waals surface area contributed by atoms with Crippen LogP contribution < -0.4 is 0 Å². The molecule has 1 atom stereocenters. The van der Waals surface area contributed by atoms with Crippen LogP contribution in [0.4, 0.5) is 4.39 Å². The third-order valence-corrected chi connectivity index (χ3v) is 2.42. The second kappa shape index (κ2) is 4.02. The molecule has 0 amide bonds. The van der Waals surface area contributed by atoms with Crippen molar-refractivity contribution in [3.8, 4) is 0 Å². The first-order valence-electron chi connectivity index (χ1n) is 4.99. The van der Waals surface area contributed by atoms with Crippen LogP contribution in [0.15, 0.2) is 54.1 Å².